The Hall–Kier alpha value is -2.31. The highest BCUT2D eigenvalue weighted by atomic mass is 17.2. The Kier molecular flexibility index (Phi) is 17.1. The summed E-state index contributed by atoms with van der Waals surface area (Å²) >= 11 is 0. The lowest BCUT2D eigenvalue weighted by atomic mass is 9.86. The van der Waals surface area contributed by atoms with Crippen LogP contribution in [0.15, 0.2) is 0 Å². The van der Waals surface area contributed by atoms with Gasteiger partial charge in [0.2, 0.25) is 0 Å². The third-order valence-corrected chi connectivity index (χ3v) is 5.83. The molecule has 0 aromatic heterocycles. The van der Waals surface area contributed by atoms with Crippen molar-refractivity contribution in [2.45, 2.75) is 137 Å². The van der Waals surface area contributed by atoms with Gasteiger partial charge in [-0.2, -0.15) is 14.7 Å². The van der Waals surface area contributed by atoms with Gasteiger partial charge in [-0.3, -0.25) is 14.7 Å². The van der Waals surface area contributed by atoms with E-state index in [-0.39, 0.29) is 19.8 Å². The van der Waals surface area contributed by atoms with Gasteiger partial charge in [-0.05, 0) is 67.2 Å². The fraction of sp³-hybridized carbons (Fsp3) is 0.893. The van der Waals surface area contributed by atoms with Gasteiger partial charge in [0.25, 0.3) is 0 Å². The van der Waals surface area contributed by atoms with Crippen molar-refractivity contribution in [3.63, 3.8) is 0 Å². The smallest absolute Gasteiger partial charge is 0.431 e. The summed E-state index contributed by atoms with van der Waals surface area (Å²) in [5.41, 5.74) is -3.27. The van der Waals surface area contributed by atoms with Crippen LogP contribution in [0.25, 0.3) is 0 Å². The van der Waals surface area contributed by atoms with Crippen LogP contribution in [0, 0.1) is 5.41 Å². The molecule has 0 spiro atoms. The summed E-state index contributed by atoms with van der Waals surface area (Å²) < 4.78 is 15.8. The van der Waals surface area contributed by atoms with Crippen molar-refractivity contribution < 1.29 is 57.9 Å². The third-order valence-electron chi connectivity index (χ3n) is 5.83. The largest absolute Gasteiger partial charge is 0.540 e. The molecule has 0 aliphatic rings. The molecule has 0 aliphatic heterocycles. The van der Waals surface area contributed by atoms with E-state index in [0.717, 1.165) is 19.3 Å². The number of hydrogen-bond acceptors (Lipinski definition) is 12. The molecule has 12 heteroatoms. The van der Waals surface area contributed by atoms with E-state index in [2.05, 4.69) is 0 Å². The van der Waals surface area contributed by atoms with E-state index in [9.17, 15) is 14.4 Å². The molecular weight excluding hydrogens is 528 g/mol. The molecular formula is C28H52O12. The van der Waals surface area contributed by atoms with Crippen molar-refractivity contribution in [1.29, 1.82) is 0 Å². The van der Waals surface area contributed by atoms with E-state index < -0.39 is 40.7 Å². The van der Waals surface area contributed by atoms with Crippen LogP contribution in [0.1, 0.15) is 121 Å². The molecule has 236 valence electrons. The van der Waals surface area contributed by atoms with E-state index >= 15 is 0 Å². The first-order chi connectivity index (χ1) is 18.5. The number of rotatable bonds is 20. The standard InChI is InChI=1S/C28H52O12/c1-11-15-25(5,6)38-35-22(29)32-19-28(18-14-4,20-33-23(30)36-39-26(7,8)16-12-2)21-34-24(31)37-40-27(9,10)17-13-3/h11-21H2,1-10H3. The molecule has 0 rings (SSSR count). The van der Waals surface area contributed by atoms with Gasteiger partial charge in [0.1, 0.15) is 36.6 Å². The Morgan fingerprint density at radius 1 is 0.450 bits per heavy atom. The number of carbonyl (C=O) groups is 3. The second-order valence-electron chi connectivity index (χ2n) is 11.9. The molecule has 0 fully saturated rings. The summed E-state index contributed by atoms with van der Waals surface area (Å²) in [7, 11) is 0. The Labute approximate surface area is 239 Å². The minimum atomic E-state index is -1.16. The summed E-state index contributed by atoms with van der Waals surface area (Å²) in [6.07, 6.45) is 2.04. The Balaban J connectivity index is 5.40. The highest BCUT2D eigenvalue weighted by Gasteiger charge is 2.37. The van der Waals surface area contributed by atoms with Crippen molar-refractivity contribution in [2.24, 2.45) is 5.41 Å². The van der Waals surface area contributed by atoms with Crippen LogP contribution in [-0.2, 0) is 43.5 Å². The van der Waals surface area contributed by atoms with E-state index in [0.29, 0.717) is 32.1 Å². The molecule has 12 nitrogen and oxygen atoms in total. The van der Waals surface area contributed by atoms with Crippen molar-refractivity contribution in [3.05, 3.63) is 0 Å². The number of ether oxygens (including phenoxy) is 3. The Bertz CT molecular complexity index is 654. The number of hydrogen-bond donors (Lipinski definition) is 0. The van der Waals surface area contributed by atoms with E-state index in [1.807, 2.05) is 27.7 Å². The van der Waals surface area contributed by atoms with Crippen LogP contribution >= 0.6 is 0 Å². The monoisotopic (exact) mass is 580 g/mol. The van der Waals surface area contributed by atoms with Crippen LogP contribution in [0.5, 0.6) is 0 Å². The molecule has 0 aromatic carbocycles. The molecule has 0 atom stereocenters. The maximum absolute atomic E-state index is 12.3. The predicted octanol–water partition coefficient (Wildman–Crippen LogP) is 7.76. The van der Waals surface area contributed by atoms with Gasteiger partial charge in [0.05, 0.1) is 5.41 Å². The van der Waals surface area contributed by atoms with Gasteiger partial charge >= 0.3 is 18.5 Å². The summed E-state index contributed by atoms with van der Waals surface area (Å²) in [5, 5.41) is 0. The van der Waals surface area contributed by atoms with Gasteiger partial charge in [0, 0.05) is 0 Å². The van der Waals surface area contributed by atoms with Gasteiger partial charge in [-0.25, -0.2) is 14.4 Å². The first kappa shape index (κ1) is 37.7. The van der Waals surface area contributed by atoms with Gasteiger partial charge in [-0.1, -0.05) is 53.4 Å². The molecule has 0 bridgehead atoms. The second kappa shape index (κ2) is 18.2. The first-order valence-corrected chi connectivity index (χ1v) is 14.1. The van der Waals surface area contributed by atoms with Crippen LogP contribution in [0.2, 0.25) is 0 Å². The molecule has 0 heterocycles. The topological polar surface area (TPSA) is 134 Å². The fourth-order valence-corrected chi connectivity index (χ4v) is 3.95. The molecule has 0 N–H and O–H groups in total. The van der Waals surface area contributed by atoms with E-state index in [1.165, 1.54) is 0 Å². The van der Waals surface area contributed by atoms with Crippen LogP contribution in [0.3, 0.4) is 0 Å². The van der Waals surface area contributed by atoms with Crippen molar-refractivity contribution in [3.8, 4) is 0 Å². The minimum Gasteiger partial charge on any atom is -0.431 e. The Morgan fingerprint density at radius 2 is 0.700 bits per heavy atom. The zero-order valence-electron chi connectivity index (χ0n) is 26.2. The lowest BCUT2D eigenvalue weighted by molar-refractivity contribution is -0.324. The zero-order valence-corrected chi connectivity index (χ0v) is 26.2. The average Bonchev–Trinajstić information content (AvgIpc) is 2.86. The Morgan fingerprint density at radius 3 is 0.925 bits per heavy atom. The van der Waals surface area contributed by atoms with Crippen LogP contribution in [0.4, 0.5) is 14.4 Å². The van der Waals surface area contributed by atoms with Gasteiger partial charge < -0.3 is 14.2 Å². The lowest BCUT2D eigenvalue weighted by Gasteiger charge is -2.31. The quantitative estimate of drug-likeness (QED) is 0.0602. The minimum absolute atomic E-state index is 0.327. The van der Waals surface area contributed by atoms with E-state index in [1.54, 1.807) is 41.5 Å². The predicted molar refractivity (Wildman–Crippen MR) is 145 cm³/mol. The highest BCUT2D eigenvalue weighted by Crippen LogP contribution is 2.28. The van der Waals surface area contributed by atoms with Crippen molar-refractivity contribution >= 4 is 18.5 Å². The maximum Gasteiger partial charge on any atom is 0.540 e. The molecule has 0 radical (unpaired) electrons. The van der Waals surface area contributed by atoms with Gasteiger partial charge in [-0.15, -0.1) is 0 Å². The summed E-state index contributed by atoms with van der Waals surface area (Å²) in [6.45, 7) is 17.5. The first-order valence-electron chi connectivity index (χ1n) is 14.1. The molecule has 0 saturated carbocycles. The van der Waals surface area contributed by atoms with Crippen molar-refractivity contribution in [1.82, 2.24) is 0 Å². The van der Waals surface area contributed by atoms with E-state index in [4.69, 9.17) is 43.5 Å². The normalized spacial score (nSPS) is 12.4. The van der Waals surface area contributed by atoms with Crippen LogP contribution in [-0.4, -0.2) is 55.1 Å². The zero-order chi connectivity index (χ0) is 30.9. The lowest BCUT2D eigenvalue weighted by Crippen LogP contribution is -2.40. The molecule has 40 heavy (non-hydrogen) atoms. The maximum atomic E-state index is 12.3. The van der Waals surface area contributed by atoms with Crippen molar-refractivity contribution in [2.75, 3.05) is 19.8 Å². The van der Waals surface area contributed by atoms with Crippen LogP contribution < -0.4 is 0 Å². The second-order valence-corrected chi connectivity index (χ2v) is 11.9. The number of carbonyl (C=O) groups excluding carboxylic acids is 3. The third kappa shape index (κ3) is 17.4. The molecule has 0 aliphatic carbocycles. The summed E-state index contributed by atoms with van der Waals surface area (Å²) in [6, 6.07) is 0. The SMILES string of the molecule is CCCC(COC(=O)OOC(C)(C)CCC)(COC(=O)OOC(C)(C)CCC)COC(=O)OOC(C)(C)CCC. The molecule has 0 saturated heterocycles. The average molecular weight is 581 g/mol. The summed E-state index contributed by atoms with van der Waals surface area (Å²) in [4.78, 5) is 66.9. The molecule has 0 amide bonds. The highest BCUT2D eigenvalue weighted by molar-refractivity contribution is 5.60. The molecule has 0 aromatic rings. The fourth-order valence-electron chi connectivity index (χ4n) is 3.95. The summed E-state index contributed by atoms with van der Waals surface area (Å²) in [5.74, 6) is 0. The van der Waals surface area contributed by atoms with Gasteiger partial charge in [0.15, 0.2) is 0 Å². The molecule has 0 unspecified atom stereocenters.